The van der Waals surface area contributed by atoms with Crippen LogP contribution in [0.3, 0.4) is 0 Å². The van der Waals surface area contributed by atoms with Gasteiger partial charge in [0, 0.05) is 14.3 Å². The van der Waals surface area contributed by atoms with Crippen LogP contribution < -0.4 is 0 Å². The lowest BCUT2D eigenvalue weighted by Gasteiger charge is -2.00. The van der Waals surface area contributed by atoms with Gasteiger partial charge in [0.25, 0.3) is 0 Å². The van der Waals surface area contributed by atoms with Crippen LogP contribution in [0.5, 0.6) is 0 Å². The summed E-state index contributed by atoms with van der Waals surface area (Å²) in [6.07, 6.45) is 0. The first-order chi connectivity index (χ1) is 5.75. The Morgan fingerprint density at radius 2 is 1.67 bits per heavy atom. The van der Waals surface area contributed by atoms with E-state index in [1.807, 2.05) is 18.2 Å². The molecule has 0 radical (unpaired) electrons. The van der Waals surface area contributed by atoms with Crippen molar-refractivity contribution in [3.05, 3.63) is 40.4 Å². The van der Waals surface area contributed by atoms with E-state index in [4.69, 9.17) is 0 Å². The Morgan fingerprint density at radius 3 is 2.17 bits per heavy atom. The fraction of sp³-hybridized carbons (Fsp3) is 0.111. The molecule has 64 valence electrons. The Balaban J connectivity index is 3.00. The van der Waals surface area contributed by atoms with Gasteiger partial charge in [0.05, 0.1) is 0 Å². The maximum absolute atomic E-state index is 3.51. The molecule has 0 atom stereocenters. The molecule has 1 aromatic rings. The molecule has 3 heteroatoms. The van der Waals surface area contributed by atoms with Gasteiger partial charge in [0.15, 0.2) is 0 Å². The smallest absolute Gasteiger partial charge is 0.0360 e. The lowest BCUT2D eigenvalue weighted by molar-refractivity contribution is 1.64. The molecule has 0 heterocycles. The van der Waals surface area contributed by atoms with Crippen LogP contribution in [-0.4, -0.2) is 5.33 Å². The summed E-state index contributed by atoms with van der Waals surface area (Å²) in [6.45, 7) is 0. The summed E-state index contributed by atoms with van der Waals surface area (Å²) < 4.78 is 2.22. The molecule has 0 spiro atoms. The lowest BCUT2D eigenvalue weighted by Crippen LogP contribution is -1.79. The highest BCUT2D eigenvalue weighted by molar-refractivity contribution is 9.17. The largest absolute Gasteiger partial charge is 0.0870 e. The Morgan fingerprint density at radius 1 is 1.08 bits per heavy atom. The SMILES string of the molecule is BrC/C(Br)=C(/Br)c1ccccc1. The van der Waals surface area contributed by atoms with E-state index in [0.29, 0.717) is 0 Å². The molecule has 0 unspecified atom stereocenters. The minimum atomic E-state index is 0.822. The molecule has 0 saturated carbocycles. The molecule has 1 aromatic carbocycles. The van der Waals surface area contributed by atoms with Gasteiger partial charge in [-0.1, -0.05) is 62.2 Å². The van der Waals surface area contributed by atoms with Gasteiger partial charge < -0.3 is 0 Å². The summed E-state index contributed by atoms with van der Waals surface area (Å²) in [5.41, 5.74) is 1.18. The Bertz CT molecular complexity index is 277. The highest BCUT2D eigenvalue weighted by Gasteiger charge is 2.00. The van der Waals surface area contributed by atoms with Gasteiger partial charge in [-0.3, -0.25) is 0 Å². The quantitative estimate of drug-likeness (QED) is 0.684. The zero-order valence-electron chi connectivity index (χ0n) is 6.23. The average Bonchev–Trinajstić information content (AvgIpc) is 2.17. The van der Waals surface area contributed by atoms with Crippen molar-refractivity contribution >= 4 is 52.3 Å². The van der Waals surface area contributed by atoms with Crippen molar-refractivity contribution in [1.82, 2.24) is 0 Å². The summed E-state index contributed by atoms with van der Waals surface area (Å²) in [4.78, 5) is 0. The number of allylic oxidation sites excluding steroid dienone is 1. The van der Waals surface area contributed by atoms with Crippen LogP contribution >= 0.6 is 47.8 Å². The lowest BCUT2D eigenvalue weighted by atomic mass is 10.2. The van der Waals surface area contributed by atoms with Crippen molar-refractivity contribution in [2.45, 2.75) is 0 Å². The summed E-state index contributed by atoms with van der Waals surface area (Å²) in [5, 5.41) is 0.822. The molecular formula is C9H7Br3. The van der Waals surface area contributed by atoms with Crippen LogP contribution in [0.4, 0.5) is 0 Å². The standard InChI is InChI=1S/C9H7Br3/c10-6-8(11)9(12)7-4-2-1-3-5-7/h1-5H,6H2/b9-8-. The van der Waals surface area contributed by atoms with Crippen LogP contribution in [0, 0.1) is 0 Å². The second kappa shape index (κ2) is 5.20. The van der Waals surface area contributed by atoms with Crippen molar-refractivity contribution in [2.75, 3.05) is 5.33 Å². The molecule has 0 fully saturated rings. The Kier molecular flexibility index (Phi) is 4.54. The number of benzene rings is 1. The van der Waals surface area contributed by atoms with Crippen LogP contribution in [0.2, 0.25) is 0 Å². The fourth-order valence-electron chi connectivity index (χ4n) is 0.800. The molecule has 0 saturated heterocycles. The topological polar surface area (TPSA) is 0 Å². The minimum Gasteiger partial charge on any atom is -0.0870 e. The number of alkyl halides is 1. The highest BCUT2D eigenvalue weighted by Crippen LogP contribution is 2.29. The van der Waals surface area contributed by atoms with Crippen LogP contribution in [0.25, 0.3) is 4.48 Å². The molecule has 0 amide bonds. The number of hydrogen-bond acceptors (Lipinski definition) is 0. The molecule has 12 heavy (non-hydrogen) atoms. The maximum Gasteiger partial charge on any atom is 0.0360 e. The number of rotatable bonds is 2. The van der Waals surface area contributed by atoms with Gasteiger partial charge in [-0.15, -0.1) is 0 Å². The van der Waals surface area contributed by atoms with E-state index in [2.05, 4.69) is 59.9 Å². The third-order valence-corrected chi connectivity index (χ3v) is 4.84. The van der Waals surface area contributed by atoms with Crippen molar-refractivity contribution in [2.24, 2.45) is 0 Å². The third kappa shape index (κ3) is 2.71. The maximum atomic E-state index is 3.51. The van der Waals surface area contributed by atoms with Gasteiger partial charge >= 0.3 is 0 Å². The highest BCUT2D eigenvalue weighted by atomic mass is 79.9. The van der Waals surface area contributed by atoms with Gasteiger partial charge in [-0.25, -0.2) is 0 Å². The fourth-order valence-corrected chi connectivity index (χ4v) is 2.09. The first-order valence-electron chi connectivity index (χ1n) is 3.41. The molecule has 0 aliphatic heterocycles. The van der Waals surface area contributed by atoms with Crippen molar-refractivity contribution in [1.29, 1.82) is 0 Å². The van der Waals surface area contributed by atoms with Crippen molar-refractivity contribution in [3.8, 4) is 0 Å². The van der Waals surface area contributed by atoms with Crippen molar-refractivity contribution in [3.63, 3.8) is 0 Å². The van der Waals surface area contributed by atoms with E-state index in [1.54, 1.807) is 0 Å². The Hall–Kier alpha value is 0.400. The molecule has 0 aromatic heterocycles. The number of hydrogen-bond donors (Lipinski definition) is 0. The average molecular weight is 355 g/mol. The first kappa shape index (κ1) is 10.5. The van der Waals surface area contributed by atoms with E-state index in [1.165, 1.54) is 5.56 Å². The molecule has 0 aliphatic rings. The van der Waals surface area contributed by atoms with E-state index in [9.17, 15) is 0 Å². The van der Waals surface area contributed by atoms with E-state index >= 15 is 0 Å². The summed E-state index contributed by atoms with van der Waals surface area (Å²) >= 11 is 10.4. The van der Waals surface area contributed by atoms with Gasteiger partial charge in [-0.05, 0) is 21.5 Å². The predicted octanol–water partition coefficient (Wildman–Crippen LogP) is 4.54. The van der Waals surface area contributed by atoms with Crippen LogP contribution in [-0.2, 0) is 0 Å². The molecular weight excluding hydrogens is 348 g/mol. The Labute approximate surface area is 97.4 Å². The molecule has 0 N–H and O–H groups in total. The second-order valence-corrected chi connectivity index (χ2v) is 4.53. The zero-order chi connectivity index (χ0) is 8.97. The zero-order valence-corrected chi connectivity index (χ0v) is 11.0. The summed E-state index contributed by atoms with van der Waals surface area (Å²) in [7, 11) is 0. The molecule has 0 bridgehead atoms. The molecule has 0 nitrogen and oxygen atoms in total. The summed E-state index contributed by atoms with van der Waals surface area (Å²) in [5.74, 6) is 0. The molecule has 1 rings (SSSR count). The van der Waals surface area contributed by atoms with Gasteiger partial charge in [0.2, 0.25) is 0 Å². The number of halogens is 3. The van der Waals surface area contributed by atoms with Crippen LogP contribution in [0.15, 0.2) is 34.8 Å². The predicted molar refractivity (Wildman–Crippen MR) is 65.0 cm³/mol. The first-order valence-corrected chi connectivity index (χ1v) is 6.12. The normalized spacial score (nSPS) is 12.6. The van der Waals surface area contributed by atoms with Crippen LogP contribution in [0.1, 0.15) is 5.56 Å². The minimum absolute atomic E-state index is 0.822. The van der Waals surface area contributed by atoms with Gasteiger partial charge in [0.1, 0.15) is 0 Å². The van der Waals surface area contributed by atoms with E-state index in [-0.39, 0.29) is 0 Å². The van der Waals surface area contributed by atoms with Crippen molar-refractivity contribution < 1.29 is 0 Å². The third-order valence-electron chi connectivity index (χ3n) is 1.38. The van der Waals surface area contributed by atoms with Gasteiger partial charge in [-0.2, -0.15) is 0 Å². The van der Waals surface area contributed by atoms with E-state index < -0.39 is 0 Å². The summed E-state index contributed by atoms with van der Waals surface area (Å²) in [6, 6.07) is 10.2. The monoisotopic (exact) mass is 352 g/mol. The molecule has 0 aliphatic carbocycles. The second-order valence-electron chi connectivity index (χ2n) is 2.22. The van der Waals surface area contributed by atoms with E-state index in [0.717, 1.165) is 14.3 Å².